The molecule has 0 aliphatic carbocycles. The molecular formula is C22H29IN4O. The largest absolute Gasteiger partial charge is 0.352 e. The Labute approximate surface area is 184 Å². The topological polar surface area (TPSA) is 56.7 Å². The lowest BCUT2D eigenvalue weighted by atomic mass is 10.1. The number of nitrogens with zero attached hydrogens (tertiary/aromatic N) is 2. The molecule has 0 aromatic heterocycles. The maximum absolute atomic E-state index is 11.9. The Kier molecular flexibility index (Phi) is 8.76. The van der Waals surface area contributed by atoms with Gasteiger partial charge in [-0.1, -0.05) is 54.1 Å². The molecule has 2 aromatic rings. The summed E-state index contributed by atoms with van der Waals surface area (Å²) in [5, 5.41) is 6.73. The van der Waals surface area contributed by atoms with Gasteiger partial charge in [-0.05, 0) is 30.0 Å². The Balaban J connectivity index is 0.00000280. The molecule has 0 unspecified atom stereocenters. The SMILES string of the molecule is CN=C(NCc1ccc(C)cc1)NCc1ccccc1CN1CCCC1=O.I. The fourth-order valence-corrected chi connectivity index (χ4v) is 3.25. The van der Waals surface area contributed by atoms with Crippen molar-refractivity contribution in [2.24, 2.45) is 4.99 Å². The van der Waals surface area contributed by atoms with E-state index in [1.807, 2.05) is 17.0 Å². The number of likely N-dealkylation sites (tertiary alicyclic amines) is 1. The van der Waals surface area contributed by atoms with E-state index in [4.69, 9.17) is 0 Å². The summed E-state index contributed by atoms with van der Waals surface area (Å²) >= 11 is 0. The first-order valence-electron chi connectivity index (χ1n) is 9.50. The van der Waals surface area contributed by atoms with Crippen LogP contribution in [0.15, 0.2) is 53.5 Å². The van der Waals surface area contributed by atoms with E-state index in [0.717, 1.165) is 25.5 Å². The van der Waals surface area contributed by atoms with E-state index in [9.17, 15) is 4.79 Å². The summed E-state index contributed by atoms with van der Waals surface area (Å²) in [6.45, 7) is 5.03. The standard InChI is InChI=1S/C22H28N4O.HI/c1-17-9-11-18(12-10-17)14-24-22(23-2)25-15-19-6-3-4-7-20(19)16-26-13-5-8-21(26)27;/h3-4,6-7,9-12H,5,8,13-16H2,1-2H3,(H2,23,24,25);1H. The molecule has 0 spiro atoms. The molecular weight excluding hydrogens is 463 g/mol. The van der Waals surface area contributed by atoms with Crippen LogP contribution in [0.5, 0.6) is 0 Å². The zero-order chi connectivity index (χ0) is 19.1. The Bertz CT molecular complexity index is 804. The quantitative estimate of drug-likeness (QED) is 0.368. The van der Waals surface area contributed by atoms with Crippen LogP contribution in [0.25, 0.3) is 0 Å². The van der Waals surface area contributed by atoms with E-state index in [-0.39, 0.29) is 29.9 Å². The molecule has 1 amide bonds. The lowest BCUT2D eigenvalue weighted by Crippen LogP contribution is -2.36. The van der Waals surface area contributed by atoms with Crippen molar-refractivity contribution in [3.05, 3.63) is 70.8 Å². The number of nitrogens with one attached hydrogen (secondary N) is 2. The predicted molar refractivity (Wildman–Crippen MR) is 125 cm³/mol. The second-order valence-electron chi connectivity index (χ2n) is 6.95. The molecule has 1 heterocycles. The minimum atomic E-state index is 0. The van der Waals surface area contributed by atoms with Crippen molar-refractivity contribution < 1.29 is 4.79 Å². The Morgan fingerprint density at radius 2 is 1.71 bits per heavy atom. The first-order chi connectivity index (χ1) is 13.2. The van der Waals surface area contributed by atoms with Crippen LogP contribution in [0.2, 0.25) is 0 Å². The van der Waals surface area contributed by atoms with Crippen LogP contribution in [0.3, 0.4) is 0 Å². The number of aryl methyl sites for hydroxylation is 1. The van der Waals surface area contributed by atoms with Gasteiger partial charge in [-0.2, -0.15) is 0 Å². The molecule has 1 fully saturated rings. The van der Waals surface area contributed by atoms with E-state index >= 15 is 0 Å². The number of hydrogen-bond donors (Lipinski definition) is 2. The highest BCUT2D eigenvalue weighted by Crippen LogP contribution is 2.17. The van der Waals surface area contributed by atoms with Gasteiger partial charge in [0, 0.05) is 39.6 Å². The number of guanidine groups is 1. The van der Waals surface area contributed by atoms with Crippen molar-refractivity contribution in [3.63, 3.8) is 0 Å². The third kappa shape index (κ3) is 6.22. The van der Waals surface area contributed by atoms with Crippen LogP contribution in [0, 0.1) is 6.92 Å². The van der Waals surface area contributed by atoms with Gasteiger partial charge in [0.2, 0.25) is 5.91 Å². The highest BCUT2D eigenvalue weighted by molar-refractivity contribution is 14.0. The lowest BCUT2D eigenvalue weighted by molar-refractivity contribution is -0.128. The first kappa shape index (κ1) is 22.2. The third-order valence-electron chi connectivity index (χ3n) is 4.90. The molecule has 0 atom stereocenters. The van der Waals surface area contributed by atoms with Gasteiger partial charge in [0.25, 0.3) is 0 Å². The van der Waals surface area contributed by atoms with Crippen LogP contribution in [0.4, 0.5) is 0 Å². The first-order valence-corrected chi connectivity index (χ1v) is 9.50. The average molecular weight is 492 g/mol. The van der Waals surface area contributed by atoms with Crippen molar-refractivity contribution in [2.45, 2.75) is 39.4 Å². The maximum atomic E-state index is 11.9. The smallest absolute Gasteiger partial charge is 0.222 e. The maximum Gasteiger partial charge on any atom is 0.222 e. The Morgan fingerprint density at radius 1 is 1.04 bits per heavy atom. The predicted octanol–water partition coefficient (Wildman–Crippen LogP) is 3.60. The molecule has 0 bridgehead atoms. The summed E-state index contributed by atoms with van der Waals surface area (Å²) in [6.07, 6.45) is 1.64. The molecule has 0 saturated carbocycles. The van der Waals surface area contributed by atoms with Crippen molar-refractivity contribution in [1.29, 1.82) is 0 Å². The minimum Gasteiger partial charge on any atom is -0.352 e. The Morgan fingerprint density at radius 3 is 2.36 bits per heavy atom. The van der Waals surface area contributed by atoms with E-state index in [1.54, 1.807) is 7.05 Å². The van der Waals surface area contributed by atoms with Gasteiger partial charge in [0.1, 0.15) is 0 Å². The van der Waals surface area contributed by atoms with Crippen molar-refractivity contribution in [2.75, 3.05) is 13.6 Å². The fraction of sp³-hybridized carbons (Fsp3) is 0.364. The van der Waals surface area contributed by atoms with Crippen molar-refractivity contribution in [1.82, 2.24) is 15.5 Å². The van der Waals surface area contributed by atoms with Gasteiger partial charge in [-0.25, -0.2) is 0 Å². The number of aliphatic imine (C=N–C) groups is 1. The third-order valence-corrected chi connectivity index (χ3v) is 4.90. The van der Waals surface area contributed by atoms with Crippen LogP contribution < -0.4 is 10.6 Å². The van der Waals surface area contributed by atoms with Gasteiger partial charge in [-0.15, -0.1) is 24.0 Å². The molecule has 1 saturated heterocycles. The zero-order valence-electron chi connectivity index (χ0n) is 16.6. The zero-order valence-corrected chi connectivity index (χ0v) is 18.9. The normalized spacial score (nSPS) is 14.0. The molecule has 6 heteroatoms. The van der Waals surface area contributed by atoms with Gasteiger partial charge in [0.15, 0.2) is 5.96 Å². The lowest BCUT2D eigenvalue weighted by Gasteiger charge is -2.19. The van der Waals surface area contributed by atoms with Crippen LogP contribution >= 0.6 is 24.0 Å². The van der Waals surface area contributed by atoms with Crippen LogP contribution in [-0.2, 0) is 24.4 Å². The molecule has 28 heavy (non-hydrogen) atoms. The molecule has 5 nitrogen and oxygen atoms in total. The van der Waals surface area contributed by atoms with E-state index in [2.05, 4.69) is 58.9 Å². The van der Waals surface area contributed by atoms with Gasteiger partial charge >= 0.3 is 0 Å². The summed E-state index contributed by atoms with van der Waals surface area (Å²) in [6, 6.07) is 16.8. The number of amides is 1. The summed E-state index contributed by atoms with van der Waals surface area (Å²) in [4.78, 5) is 18.2. The van der Waals surface area contributed by atoms with Crippen LogP contribution in [0.1, 0.15) is 35.1 Å². The highest BCUT2D eigenvalue weighted by atomic mass is 127. The highest BCUT2D eigenvalue weighted by Gasteiger charge is 2.20. The second kappa shape index (κ2) is 11.0. The molecule has 2 N–H and O–H groups in total. The summed E-state index contributed by atoms with van der Waals surface area (Å²) < 4.78 is 0. The second-order valence-corrected chi connectivity index (χ2v) is 6.95. The van der Waals surface area contributed by atoms with E-state index < -0.39 is 0 Å². The monoisotopic (exact) mass is 492 g/mol. The van der Waals surface area contributed by atoms with Gasteiger partial charge < -0.3 is 15.5 Å². The van der Waals surface area contributed by atoms with Crippen molar-refractivity contribution in [3.8, 4) is 0 Å². The number of carbonyl (C=O) groups excluding carboxylic acids is 1. The summed E-state index contributed by atoms with van der Waals surface area (Å²) in [5.74, 6) is 1.02. The fourth-order valence-electron chi connectivity index (χ4n) is 3.25. The molecule has 1 aliphatic rings. The van der Waals surface area contributed by atoms with Gasteiger partial charge in [-0.3, -0.25) is 9.79 Å². The van der Waals surface area contributed by atoms with Crippen LogP contribution in [-0.4, -0.2) is 30.4 Å². The molecule has 1 aliphatic heterocycles. The molecule has 3 rings (SSSR count). The molecule has 2 aromatic carbocycles. The Hall–Kier alpha value is -2.09. The van der Waals surface area contributed by atoms with Gasteiger partial charge in [0.05, 0.1) is 0 Å². The van der Waals surface area contributed by atoms with Crippen molar-refractivity contribution >= 4 is 35.8 Å². The van der Waals surface area contributed by atoms with E-state index in [1.165, 1.54) is 22.3 Å². The minimum absolute atomic E-state index is 0. The number of hydrogen-bond acceptors (Lipinski definition) is 2. The number of carbonyl (C=O) groups is 1. The number of rotatable bonds is 6. The number of halogens is 1. The summed E-state index contributed by atoms with van der Waals surface area (Å²) in [7, 11) is 1.78. The van der Waals surface area contributed by atoms with E-state index in [0.29, 0.717) is 19.5 Å². The molecule has 0 radical (unpaired) electrons. The summed E-state index contributed by atoms with van der Waals surface area (Å²) in [5.41, 5.74) is 4.86. The number of benzene rings is 2. The average Bonchev–Trinajstić information content (AvgIpc) is 3.09. The molecule has 150 valence electrons.